The van der Waals surface area contributed by atoms with Gasteiger partial charge in [0.05, 0.1) is 23.1 Å². The van der Waals surface area contributed by atoms with Crippen molar-refractivity contribution in [2.75, 3.05) is 0 Å². The molecule has 7 heteroatoms. The molecule has 28 heavy (non-hydrogen) atoms. The zero-order valence-electron chi connectivity index (χ0n) is 16.3. The molecule has 1 aromatic carbocycles. The molecule has 7 nitrogen and oxygen atoms in total. The maximum Gasteiger partial charge on any atom is 0.309 e. The monoisotopic (exact) mass is 388 g/mol. The van der Waals surface area contributed by atoms with Gasteiger partial charge in [-0.1, -0.05) is 11.6 Å². The molecule has 0 unspecified atom stereocenters. The van der Waals surface area contributed by atoms with Crippen LogP contribution in [0, 0.1) is 0 Å². The van der Waals surface area contributed by atoms with Crippen molar-refractivity contribution >= 4 is 17.5 Å². The van der Waals surface area contributed by atoms with Crippen LogP contribution in [0.1, 0.15) is 72.9 Å². The van der Waals surface area contributed by atoms with E-state index in [1.807, 2.05) is 13.8 Å². The Morgan fingerprint density at radius 3 is 2.25 bits per heavy atom. The number of rotatable bonds is 6. The van der Waals surface area contributed by atoms with E-state index in [4.69, 9.17) is 4.74 Å². The standard InChI is InChI=1S/C21H24O7/c1-11(2)5-8-16(28-17(25)10-21(3,4)27)12-9-15(24)18-13(22)6-7-14(23)19(18)20(12)26/h5-7,9,16,24,26-27H,8,10H2,1-4H3/t16-/m1/s1. The summed E-state index contributed by atoms with van der Waals surface area (Å²) in [4.78, 5) is 36.4. The highest BCUT2D eigenvalue weighted by Crippen LogP contribution is 2.41. The number of ether oxygens (including phenoxy) is 1. The lowest BCUT2D eigenvalue weighted by Crippen LogP contribution is -2.25. The second-order valence-corrected chi connectivity index (χ2v) is 7.63. The lowest BCUT2D eigenvalue weighted by atomic mass is 9.89. The molecule has 1 aromatic rings. The molecule has 0 amide bonds. The van der Waals surface area contributed by atoms with Gasteiger partial charge in [0.25, 0.3) is 0 Å². The van der Waals surface area contributed by atoms with Crippen molar-refractivity contribution in [1.82, 2.24) is 0 Å². The number of allylic oxidation sites excluding steroid dienone is 3. The predicted octanol–water partition coefficient (Wildman–Crippen LogP) is 3.13. The Morgan fingerprint density at radius 1 is 1.14 bits per heavy atom. The van der Waals surface area contributed by atoms with E-state index in [0.29, 0.717) is 0 Å². The Balaban J connectivity index is 2.52. The molecule has 0 saturated carbocycles. The Hall–Kier alpha value is -2.93. The molecule has 3 N–H and O–H groups in total. The summed E-state index contributed by atoms with van der Waals surface area (Å²) in [6.45, 7) is 6.59. The fraction of sp³-hybridized carbons (Fsp3) is 0.381. The van der Waals surface area contributed by atoms with Crippen LogP contribution < -0.4 is 0 Å². The molecule has 0 spiro atoms. The van der Waals surface area contributed by atoms with Crippen LogP contribution in [0.2, 0.25) is 0 Å². The third-order valence-corrected chi connectivity index (χ3v) is 4.13. The number of benzene rings is 1. The van der Waals surface area contributed by atoms with Gasteiger partial charge in [-0.05, 0) is 45.9 Å². The van der Waals surface area contributed by atoms with Gasteiger partial charge in [-0.2, -0.15) is 0 Å². The van der Waals surface area contributed by atoms with Crippen LogP contribution in [0.25, 0.3) is 0 Å². The van der Waals surface area contributed by atoms with Crippen molar-refractivity contribution < 1.29 is 34.4 Å². The summed E-state index contributed by atoms with van der Waals surface area (Å²) in [5, 5.41) is 30.8. The number of aliphatic hydroxyl groups is 1. The Kier molecular flexibility index (Phi) is 6.09. The average molecular weight is 388 g/mol. The minimum atomic E-state index is -1.29. The lowest BCUT2D eigenvalue weighted by molar-refractivity contribution is -0.153. The maximum atomic E-state index is 12.2. The molecule has 1 aliphatic rings. The molecule has 0 bridgehead atoms. The minimum absolute atomic E-state index is 0.00861. The second kappa shape index (κ2) is 7.98. The van der Waals surface area contributed by atoms with E-state index < -0.39 is 40.7 Å². The van der Waals surface area contributed by atoms with Gasteiger partial charge in [0.2, 0.25) is 0 Å². The minimum Gasteiger partial charge on any atom is -0.507 e. The predicted molar refractivity (Wildman–Crippen MR) is 101 cm³/mol. The third kappa shape index (κ3) is 4.86. The van der Waals surface area contributed by atoms with Crippen molar-refractivity contribution in [3.05, 3.63) is 46.6 Å². The molecule has 1 atom stereocenters. The first-order valence-electron chi connectivity index (χ1n) is 8.81. The number of carbonyl (C=O) groups excluding carboxylic acids is 3. The summed E-state index contributed by atoms with van der Waals surface area (Å²) in [5.41, 5.74) is -0.944. The highest BCUT2D eigenvalue weighted by Gasteiger charge is 2.32. The summed E-state index contributed by atoms with van der Waals surface area (Å²) in [6, 6.07) is 1.12. The van der Waals surface area contributed by atoms with Gasteiger partial charge in [0, 0.05) is 12.0 Å². The number of fused-ring (bicyclic) bond motifs is 1. The molecule has 150 valence electrons. The summed E-state index contributed by atoms with van der Waals surface area (Å²) in [7, 11) is 0. The molecule has 0 aliphatic heterocycles. The quantitative estimate of drug-likeness (QED) is 0.389. The molecule has 0 aromatic heterocycles. The maximum absolute atomic E-state index is 12.2. The summed E-state index contributed by atoms with van der Waals surface area (Å²) in [5.74, 6) is -2.94. The first-order valence-corrected chi connectivity index (χ1v) is 8.81. The first kappa shape index (κ1) is 21.4. The molecule has 0 saturated heterocycles. The molecule has 1 aliphatic carbocycles. The SMILES string of the molecule is CC(C)=CC[C@@H](OC(=O)CC(C)(C)O)c1cc(O)c2c(c1O)C(=O)C=CC2=O. The van der Waals surface area contributed by atoms with Crippen LogP contribution >= 0.6 is 0 Å². The van der Waals surface area contributed by atoms with E-state index in [-0.39, 0.29) is 29.5 Å². The summed E-state index contributed by atoms with van der Waals surface area (Å²) < 4.78 is 5.42. The molecule has 0 radical (unpaired) electrons. The van der Waals surface area contributed by atoms with Crippen molar-refractivity contribution in [3.8, 4) is 11.5 Å². The number of phenolic OH excluding ortho intramolecular Hbond substituents is 2. The van der Waals surface area contributed by atoms with Crippen LogP contribution in [0.3, 0.4) is 0 Å². The van der Waals surface area contributed by atoms with Gasteiger partial charge in [0.15, 0.2) is 11.6 Å². The zero-order valence-corrected chi connectivity index (χ0v) is 16.3. The molecular weight excluding hydrogens is 364 g/mol. The number of aromatic hydroxyl groups is 2. The van der Waals surface area contributed by atoms with Gasteiger partial charge in [-0.15, -0.1) is 0 Å². The van der Waals surface area contributed by atoms with E-state index in [1.165, 1.54) is 13.8 Å². The summed E-state index contributed by atoms with van der Waals surface area (Å²) >= 11 is 0. The second-order valence-electron chi connectivity index (χ2n) is 7.63. The topological polar surface area (TPSA) is 121 Å². The first-order chi connectivity index (χ1) is 12.9. The number of phenols is 2. The lowest BCUT2D eigenvalue weighted by Gasteiger charge is -2.23. The van der Waals surface area contributed by atoms with Gasteiger partial charge in [-0.3, -0.25) is 14.4 Å². The van der Waals surface area contributed by atoms with Crippen molar-refractivity contribution in [2.24, 2.45) is 0 Å². The smallest absolute Gasteiger partial charge is 0.309 e. The van der Waals surface area contributed by atoms with Gasteiger partial charge in [-0.25, -0.2) is 0 Å². The molecule has 0 heterocycles. The highest BCUT2D eigenvalue weighted by atomic mass is 16.5. The summed E-state index contributed by atoms with van der Waals surface area (Å²) in [6.07, 6.45) is 2.67. The third-order valence-electron chi connectivity index (χ3n) is 4.13. The fourth-order valence-corrected chi connectivity index (χ4v) is 2.87. The van der Waals surface area contributed by atoms with Crippen LogP contribution in [-0.2, 0) is 9.53 Å². The fourth-order valence-electron chi connectivity index (χ4n) is 2.87. The number of carbonyl (C=O) groups is 3. The van der Waals surface area contributed by atoms with Gasteiger partial charge in [0.1, 0.15) is 17.6 Å². The Labute approximate surface area is 163 Å². The number of hydrogen-bond donors (Lipinski definition) is 3. The number of ketones is 2. The number of esters is 1. The normalized spacial score (nSPS) is 14.5. The van der Waals surface area contributed by atoms with E-state index in [9.17, 15) is 29.7 Å². The van der Waals surface area contributed by atoms with Crippen molar-refractivity contribution in [1.29, 1.82) is 0 Å². The van der Waals surface area contributed by atoms with Gasteiger partial charge >= 0.3 is 5.97 Å². The van der Waals surface area contributed by atoms with E-state index in [1.54, 1.807) is 6.08 Å². The van der Waals surface area contributed by atoms with Crippen LogP contribution in [-0.4, -0.2) is 38.5 Å². The largest absolute Gasteiger partial charge is 0.507 e. The van der Waals surface area contributed by atoms with Crippen LogP contribution in [0.5, 0.6) is 11.5 Å². The van der Waals surface area contributed by atoms with Crippen molar-refractivity contribution in [2.45, 2.75) is 52.2 Å². The van der Waals surface area contributed by atoms with Crippen molar-refractivity contribution in [3.63, 3.8) is 0 Å². The van der Waals surface area contributed by atoms with Gasteiger partial charge < -0.3 is 20.1 Å². The van der Waals surface area contributed by atoms with E-state index in [2.05, 4.69) is 0 Å². The highest BCUT2D eigenvalue weighted by molar-refractivity contribution is 6.24. The Morgan fingerprint density at radius 2 is 1.71 bits per heavy atom. The molecular formula is C21H24O7. The zero-order chi connectivity index (χ0) is 21.2. The molecule has 2 rings (SSSR count). The number of hydrogen-bond acceptors (Lipinski definition) is 7. The average Bonchev–Trinajstić information content (AvgIpc) is 2.55. The van der Waals surface area contributed by atoms with Crippen LogP contribution in [0.15, 0.2) is 29.9 Å². The molecule has 0 fully saturated rings. The van der Waals surface area contributed by atoms with E-state index in [0.717, 1.165) is 23.8 Å². The van der Waals surface area contributed by atoms with E-state index >= 15 is 0 Å². The Bertz CT molecular complexity index is 881. The van der Waals surface area contributed by atoms with Crippen LogP contribution in [0.4, 0.5) is 0 Å².